The number of para-hydroxylation sites is 1. The fraction of sp³-hybridized carbons (Fsp3) is 0.474. The standard InChI is InChI=1S/C19H24N4O2S/c1-20-17(24)10-14-11-26-19(22-14)16-9-12-3-2-4-15(18(12)23-16)21-13-5-7-25-8-6-13/h2-4,9,13-14,21,23H,5-8,10-11H2,1H3,(H,20,24)/t14-/m1/s1. The van der Waals surface area contributed by atoms with Gasteiger partial charge in [0.1, 0.15) is 5.04 Å². The lowest BCUT2D eigenvalue weighted by Crippen LogP contribution is -2.27. The van der Waals surface area contributed by atoms with E-state index in [1.165, 1.54) is 5.39 Å². The molecule has 3 N–H and O–H groups in total. The van der Waals surface area contributed by atoms with Gasteiger partial charge in [-0.25, -0.2) is 0 Å². The molecule has 138 valence electrons. The quantitative estimate of drug-likeness (QED) is 0.754. The van der Waals surface area contributed by atoms with Crippen LogP contribution in [0.1, 0.15) is 25.0 Å². The zero-order chi connectivity index (χ0) is 17.9. The zero-order valence-electron chi connectivity index (χ0n) is 14.9. The highest BCUT2D eigenvalue weighted by Crippen LogP contribution is 2.30. The number of carbonyl (C=O) groups excluding carboxylic acids is 1. The zero-order valence-corrected chi connectivity index (χ0v) is 15.7. The highest BCUT2D eigenvalue weighted by molar-refractivity contribution is 8.14. The van der Waals surface area contributed by atoms with Crippen LogP contribution in [0.5, 0.6) is 0 Å². The number of anilines is 1. The lowest BCUT2D eigenvalue weighted by Gasteiger charge is -2.24. The molecule has 1 amide bonds. The number of aromatic amines is 1. The molecular weight excluding hydrogens is 348 g/mol. The van der Waals surface area contributed by atoms with E-state index in [1.807, 2.05) is 0 Å². The van der Waals surface area contributed by atoms with E-state index in [0.717, 1.165) is 53.7 Å². The van der Waals surface area contributed by atoms with Gasteiger partial charge in [-0.3, -0.25) is 9.79 Å². The number of H-pyrrole nitrogens is 1. The van der Waals surface area contributed by atoms with Crippen LogP contribution in [0.3, 0.4) is 0 Å². The number of rotatable bonds is 5. The number of thioether (sulfide) groups is 1. The van der Waals surface area contributed by atoms with E-state index in [1.54, 1.807) is 18.8 Å². The third-order valence-corrected chi connectivity index (χ3v) is 6.03. The lowest BCUT2D eigenvalue weighted by molar-refractivity contribution is -0.120. The molecule has 1 aromatic heterocycles. The molecule has 0 unspecified atom stereocenters. The second kappa shape index (κ2) is 7.72. The molecule has 26 heavy (non-hydrogen) atoms. The van der Waals surface area contributed by atoms with E-state index in [-0.39, 0.29) is 11.9 Å². The molecule has 2 aromatic rings. The first-order valence-corrected chi connectivity index (χ1v) is 10.1. The van der Waals surface area contributed by atoms with Crippen molar-refractivity contribution >= 4 is 39.3 Å². The van der Waals surface area contributed by atoms with Crippen molar-refractivity contribution in [3.63, 3.8) is 0 Å². The smallest absolute Gasteiger partial charge is 0.221 e. The van der Waals surface area contributed by atoms with E-state index < -0.39 is 0 Å². The number of nitrogens with zero attached hydrogens (tertiary/aromatic N) is 1. The van der Waals surface area contributed by atoms with Gasteiger partial charge in [0.15, 0.2) is 0 Å². The van der Waals surface area contributed by atoms with Gasteiger partial charge < -0.3 is 20.4 Å². The summed E-state index contributed by atoms with van der Waals surface area (Å²) in [6, 6.07) is 8.98. The first kappa shape index (κ1) is 17.4. The van der Waals surface area contributed by atoms with Gasteiger partial charge in [0.05, 0.1) is 22.9 Å². The molecule has 0 radical (unpaired) electrons. The Kier molecular flexibility index (Phi) is 5.17. The first-order valence-electron chi connectivity index (χ1n) is 9.10. The maximum atomic E-state index is 11.6. The minimum atomic E-state index is 0.0418. The highest BCUT2D eigenvalue weighted by Gasteiger charge is 2.23. The normalized spacial score (nSPS) is 21.0. The summed E-state index contributed by atoms with van der Waals surface area (Å²) in [5.74, 6) is 0.894. The molecular formula is C19H24N4O2S. The summed E-state index contributed by atoms with van der Waals surface area (Å²) in [6.07, 6.45) is 2.52. The van der Waals surface area contributed by atoms with Gasteiger partial charge in [-0.1, -0.05) is 12.1 Å². The third kappa shape index (κ3) is 3.73. The Balaban J connectivity index is 1.55. The predicted octanol–water partition coefficient (Wildman–Crippen LogP) is 2.76. The molecule has 1 fully saturated rings. The Hall–Kier alpha value is -1.99. The Bertz CT molecular complexity index is 826. The van der Waals surface area contributed by atoms with Crippen LogP contribution < -0.4 is 10.6 Å². The number of hydrogen-bond acceptors (Lipinski definition) is 5. The number of hydrogen-bond donors (Lipinski definition) is 3. The van der Waals surface area contributed by atoms with Gasteiger partial charge in [0.2, 0.25) is 5.91 Å². The SMILES string of the molecule is CNC(=O)C[C@@H]1CSC(c2cc3cccc(NC4CCOCC4)c3[nH]2)=N1. The van der Waals surface area contributed by atoms with Crippen molar-refractivity contribution in [3.8, 4) is 0 Å². The fourth-order valence-electron chi connectivity index (χ4n) is 3.44. The van der Waals surface area contributed by atoms with Gasteiger partial charge in [-0.15, -0.1) is 11.8 Å². The van der Waals surface area contributed by atoms with Crippen molar-refractivity contribution in [2.24, 2.45) is 4.99 Å². The number of benzene rings is 1. The number of nitrogens with one attached hydrogen (secondary N) is 3. The fourth-order valence-corrected chi connectivity index (χ4v) is 4.47. The second-order valence-electron chi connectivity index (χ2n) is 6.76. The number of amides is 1. The maximum Gasteiger partial charge on any atom is 0.221 e. The summed E-state index contributed by atoms with van der Waals surface area (Å²) in [7, 11) is 1.67. The van der Waals surface area contributed by atoms with Crippen LogP contribution in [0.4, 0.5) is 5.69 Å². The molecule has 2 aliphatic rings. The first-order chi connectivity index (χ1) is 12.7. The molecule has 0 aliphatic carbocycles. The molecule has 0 saturated carbocycles. The Morgan fingerprint density at radius 1 is 1.38 bits per heavy atom. The van der Waals surface area contributed by atoms with Gasteiger partial charge in [0.25, 0.3) is 0 Å². The average Bonchev–Trinajstić information content (AvgIpc) is 3.29. The molecule has 1 saturated heterocycles. The minimum Gasteiger partial charge on any atom is -0.381 e. The van der Waals surface area contributed by atoms with Crippen LogP contribution in [0.15, 0.2) is 29.3 Å². The molecule has 7 heteroatoms. The van der Waals surface area contributed by atoms with Crippen molar-refractivity contribution in [1.29, 1.82) is 0 Å². The molecule has 4 rings (SSSR count). The molecule has 0 spiro atoms. The number of fused-ring (bicyclic) bond motifs is 1. The monoisotopic (exact) mass is 372 g/mol. The number of aliphatic imine (C=N–C) groups is 1. The topological polar surface area (TPSA) is 78.5 Å². The van der Waals surface area contributed by atoms with E-state index >= 15 is 0 Å². The summed E-state index contributed by atoms with van der Waals surface area (Å²) in [4.78, 5) is 19.8. The molecule has 2 aliphatic heterocycles. The number of ether oxygens (including phenoxy) is 1. The van der Waals surface area contributed by atoms with Crippen molar-refractivity contribution in [1.82, 2.24) is 10.3 Å². The maximum absolute atomic E-state index is 11.6. The van der Waals surface area contributed by atoms with E-state index in [0.29, 0.717) is 12.5 Å². The van der Waals surface area contributed by atoms with Crippen LogP contribution in [0.2, 0.25) is 0 Å². The van der Waals surface area contributed by atoms with E-state index in [2.05, 4.69) is 39.9 Å². The molecule has 1 aromatic carbocycles. The largest absolute Gasteiger partial charge is 0.381 e. The molecule has 3 heterocycles. The van der Waals surface area contributed by atoms with Crippen LogP contribution in [0.25, 0.3) is 10.9 Å². The second-order valence-corrected chi connectivity index (χ2v) is 7.77. The van der Waals surface area contributed by atoms with Gasteiger partial charge >= 0.3 is 0 Å². The molecule has 1 atom stereocenters. The Morgan fingerprint density at radius 3 is 3.04 bits per heavy atom. The third-order valence-electron chi connectivity index (χ3n) is 4.88. The minimum absolute atomic E-state index is 0.0418. The van der Waals surface area contributed by atoms with Crippen LogP contribution in [-0.2, 0) is 9.53 Å². The highest BCUT2D eigenvalue weighted by atomic mass is 32.2. The van der Waals surface area contributed by atoms with Gasteiger partial charge in [0, 0.05) is 43.9 Å². The summed E-state index contributed by atoms with van der Waals surface area (Å²) < 4.78 is 5.45. The van der Waals surface area contributed by atoms with Crippen molar-refractivity contribution in [2.75, 3.05) is 31.3 Å². The van der Waals surface area contributed by atoms with E-state index in [4.69, 9.17) is 9.73 Å². The summed E-state index contributed by atoms with van der Waals surface area (Å²) in [5, 5.41) is 8.50. The van der Waals surface area contributed by atoms with E-state index in [9.17, 15) is 4.79 Å². The summed E-state index contributed by atoms with van der Waals surface area (Å²) in [5.41, 5.74) is 3.28. The summed E-state index contributed by atoms with van der Waals surface area (Å²) >= 11 is 1.71. The van der Waals surface area contributed by atoms with Crippen LogP contribution in [-0.4, -0.2) is 54.0 Å². The van der Waals surface area contributed by atoms with Gasteiger partial charge in [-0.05, 0) is 25.0 Å². The Labute approximate surface area is 157 Å². The van der Waals surface area contributed by atoms with Crippen LogP contribution >= 0.6 is 11.8 Å². The van der Waals surface area contributed by atoms with Crippen molar-refractivity contribution < 1.29 is 9.53 Å². The molecule has 0 bridgehead atoms. The van der Waals surface area contributed by atoms with Crippen molar-refractivity contribution in [2.45, 2.75) is 31.3 Å². The average molecular weight is 372 g/mol. The Morgan fingerprint density at radius 2 is 2.23 bits per heavy atom. The predicted molar refractivity (Wildman–Crippen MR) is 107 cm³/mol. The van der Waals surface area contributed by atoms with Crippen LogP contribution in [0, 0.1) is 0 Å². The summed E-state index contributed by atoms with van der Waals surface area (Å²) in [6.45, 7) is 1.65. The van der Waals surface area contributed by atoms with Gasteiger partial charge in [-0.2, -0.15) is 0 Å². The molecule has 6 nitrogen and oxygen atoms in total. The lowest BCUT2D eigenvalue weighted by atomic mass is 10.1. The van der Waals surface area contributed by atoms with Crippen molar-refractivity contribution in [3.05, 3.63) is 30.0 Å². The number of aromatic nitrogens is 1. The number of carbonyl (C=O) groups is 1.